The summed E-state index contributed by atoms with van der Waals surface area (Å²) in [6, 6.07) is 19.3. The van der Waals surface area contributed by atoms with E-state index in [4.69, 9.17) is 0 Å². The van der Waals surface area contributed by atoms with Crippen LogP contribution in [-0.2, 0) is 0 Å². The van der Waals surface area contributed by atoms with Crippen LogP contribution in [0.15, 0.2) is 66.9 Å². The third-order valence-electron chi connectivity index (χ3n) is 3.51. The Morgan fingerprint density at radius 1 is 1.05 bits per heavy atom. The smallest absolute Gasteiger partial charge is 0.251 e. The van der Waals surface area contributed by atoms with Gasteiger partial charge in [0, 0.05) is 17.1 Å². The van der Waals surface area contributed by atoms with Gasteiger partial charge < -0.3 is 5.32 Å². The fourth-order valence-electron chi connectivity index (χ4n) is 2.32. The molecule has 0 saturated carbocycles. The minimum absolute atomic E-state index is 0.0247. The van der Waals surface area contributed by atoms with Crippen molar-refractivity contribution in [1.82, 2.24) is 10.3 Å². The first-order valence-electron chi connectivity index (χ1n) is 6.94. The molecule has 0 fully saturated rings. The van der Waals surface area contributed by atoms with E-state index in [1.807, 2.05) is 67.6 Å². The zero-order valence-electron chi connectivity index (χ0n) is 11.8. The summed E-state index contributed by atoms with van der Waals surface area (Å²) < 4.78 is 0. The van der Waals surface area contributed by atoms with Crippen LogP contribution in [0.4, 0.5) is 0 Å². The van der Waals surface area contributed by atoms with Crippen molar-refractivity contribution in [2.45, 2.75) is 13.0 Å². The standard InChI is InChI=1S/C18H16N2O/c1-13(14-6-3-2-4-7-14)20-18(21)16-9-10-17-15(12-16)8-5-11-19-17/h2-13H,1H3,(H,20,21)/t13-/m1/s1. The Kier molecular flexibility index (Phi) is 3.65. The summed E-state index contributed by atoms with van der Waals surface area (Å²) in [5.74, 6) is -0.0721. The Morgan fingerprint density at radius 3 is 2.67 bits per heavy atom. The van der Waals surface area contributed by atoms with Crippen LogP contribution < -0.4 is 5.32 Å². The van der Waals surface area contributed by atoms with Gasteiger partial charge in [-0.3, -0.25) is 9.78 Å². The van der Waals surface area contributed by atoms with Gasteiger partial charge in [0.15, 0.2) is 0 Å². The van der Waals surface area contributed by atoms with Gasteiger partial charge in [-0.2, -0.15) is 0 Å². The lowest BCUT2D eigenvalue weighted by Crippen LogP contribution is -2.26. The van der Waals surface area contributed by atoms with Crippen molar-refractivity contribution in [3.8, 4) is 0 Å². The quantitative estimate of drug-likeness (QED) is 0.792. The molecule has 1 amide bonds. The van der Waals surface area contributed by atoms with Crippen LogP contribution in [0, 0.1) is 0 Å². The van der Waals surface area contributed by atoms with Crippen LogP contribution in [0.1, 0.15) is 28.9 Å². The van der Waals surface area contributed by atoms with Crippen molar-refractivity contribution in [1.29, 1.82) is 0 Å². The van der Waals surface area contributed by atoms with Crippen LogP contribution >= 0.6 is 0 Å². The van der Waals surface area contributed by atoms with Gasteiger partial charge in [-0.15, -0.1) is 0 Å². The van der Waals surface area contributed by atoms with E-state index in [9.17, 15) is 4.79 Å². The van der Waals surface area contributed by atoms with E-state index in [0.29, 0.717) is 5.56 Å². The van der Waals surface area contributed by atoms with Crippen LogP contribution in [-0.4, -0.2) is 10.9 Å². The summed E-state index contributed by atoms with van der Waals surface area (Å²) in [5.41, 5.74) is 2.64. The largest absolute Gasteiger partial charge is 0.346 e. The monoisotopic (exact) mass is 276 g/mol. The van der Waals surface area contributed by atoms with Gasteiger partial charge in [0.25, 0.3) is 5.91 Å². The zero-order chi connectivity index (χ0) is 14.7. The predicted molar refractivity (Wildman–Crippen MR) is 84.1 cm³/mol. The average molecular weight is 276 g/mol. The maximum atomic E-state index is 12.3. The number of rotatable bonds is 3. The fourth-order valence-corrected chi connectivity index (χ4v) is 2.32. The highest BCUT2D eigenvalue weighted by Gasteiger charge is 2.11. The van der Waals surface area contributed by atoms with Crippen molar-refractivity contribution >= 4 is 16.8 Å². The lowest BCUT2D eigenvalue weighted by Gasteiger charge is -2.14. The molecule has 21 heavy (non-hydrogen) atoms. The third kappa shape index (κ3) is 2.92. The molecule has 104 valence electrons. The topological polar surface area (TPSA) is 42.0 Å². The van der Waals surface area contributed by atoms with Crippen molar-refractivity contribution in [2.75, 3.05) is 0 Å². The molecule has 1 aromatic heterocycles. The molecule has 1 atom stereocenters. The van der Waals surface area contributed by atoms with Gasteiger partial charge in [0.2, 0.25) is 0 Å². The van der Waals surface area contributed by atoms with E-state index < -0.39 is 0 Å². The molecule has 2 aromatic carbocycles. The van der Waals surface area contributed by atoms with E-state index in [0.717, 1.165) is 16.5 Å². The highest BCUT2D eigenvalue weighted by molar-refractivity contribution is 5.98. The molecule has 0 aliphatic carbocycles. The van der Waals surface area contributed by atoms with Gasteiger partial charge in [-0.1, -0.05) is 36.4 Å². The Bertz CT molecular complexity index is 768. The number of carbonyl (C=O) groups excluding carboxylic acids is 1. The van der Waals surface area contributed by atoms with Crippen LogP contribution in [0.3, 0.4) is 0 Å². The number of hydrogen-bond donors (Lipinski definition) is 1. The summed E-state index contributed by atoms with van der Waals surface area (Å²) in [5, 5.41) is 3.99. The number of benzene rings is 2. The first-order valence-corrected chi connectivity index (χ1v) is 6.94. The summed E-state index contributed by atoms with van der Waals surface area (Å²) >= 11 is 0. The fraction of sp³-hybridized carbons (Fsp3) is 0.111. The maximum Gasteiger partial charge on any atom is 0.251 e. The molecule has 0 bridgehead atoms. The lowest BCUT2D eigenvalue weighted by atomic mass is 10.1. The Hall–Kier alpha value is -2.68. The highest BCUT2D eigenvalue weighted by atomic mass is 16.1. The van der Waals surface area contributed by atoms with Crippen LogP contribution in [0.25, 0.3) is 10.9 Å². The van der Waals surface area contributed by atoms with Crippen LogP contribution in [0.5, 0.6) is 0 Å². The third-order valence-corrected chi connectivity index (χ3v) is 3.51. The van der Waals surface area contributed by atoms with Crippen molar-refractivity contribution in [2.24, 2.45) is 0 Å². The molecule has 1 heterocycles. The second-order valence-corrected chi connectivity index (χ2v) is 5.02. The average Bonchev–Trinajstić information content (AvgIpc) is 2.55. The van der Waals surface area contributed by atoms with Crippen molar-refractivity contribution in [3.63, 3.8) is 0 Å². The minimum Gasteiger partial charge on any atom is -0.346 e. The van der Waals surface area contributed by atoms with Gasteiger partial charge in [0.1, 0.15) is 0 Å². The summed E-state index contributed by atoms with van der Waals surface area (Å²) in [4.78, 5) is 16.6. The summed E-state index contributed by atoms with van der Waals surface area (Å²) in [6.45, 7) is 1.98. The van der Waals surface area contributed by atoms with Gasteiger partial charge >= 0.3 is 0 Å². The predicted octanol–water partition coefficient (Wildman–Crippen LogP) is 3.73. The summed E-state index contributed by atoms with van der Waals surface area (Å²) in [7, 11) is 0. The molecule has 1 N–H and O–H groups in total. The van der Waals surface area contributed by atoms with Gasteiger partial charge in [-0.05, 0) is 36.8 Å². The number of carbonyl (C=O) groups is 1. The zero-order valence-corrected chi connectivity index (χ0v) is 11.8. The Labute approximate surface area is 123 Å². The number of nitrogens with zero attached hydrogens (tertiary/aromatic N) is 1. The number of hydrogen-bond acceptors (Lipinski definition) is 2. The number of nitrogens with one attached hydrogen (secondary N) is 1. The minimum atomic E-state index is -0.0721. The number of amides is 1. The molecule has 3 rings (SSSR count). The Morgan fingerprint density at radius 2 is 1.86 bits per heavy atom. The second-order valence-electron chi connectivity index (χ2n) is 5.02. The maximum absolute atomic E-state index is 12.3. The second kappa shape index (κ2) is 5.75. The number of fused-ring (bicyclic) bond motifs is 1. The van der Waals surface area contributed by atoms with Crippen molar-refractivity contribution < 1.29 is 4.79 Å². The van der Waals surface area contributed by atoms with Gasteiger partial charge in [-0.25, -0.2) is 0 Å². The van der Waals surface area contributed by atoms with E-state index >= 15 is 0 Å². The molecular weight excluding hydrogens is 260 g/mol. The molecule has 0 spiro atoms. The molecule has 0 saturated heterocycles. The molecule has 0 aliphatic heterocycles. The number of pyridine rings is 1. The van der Waals surface area contributed by atoms with E-state index in [2.05, 4.69) is 10.3 Å². The molecule has 3 nitrogen and oxygen atoms in total. The van der Waals surface area contributed by atoms with E-state index in [1.165, 1.54) is 0 Å². The molecular formula is C18H16N2O. The first-order chi connectivity index (χ1) is 10.2. The summed E-state index contributed by atoms with van der Waals surface area (Å²) in [6.07, 6.45) is 1.75. The molecule has 0 unspecified atom stereocenters. The SMILES string of the molecule is C[C@@H](NC(=O)c1ccc2ncccc2c1)c1ccccc1. The normalized spacial score (nSPS) is 12.0. The van der Waals surface area contributed by atoms with Gasteiger partial charge in [0.05, 0.1) is 11.6 Å². The number of aromatic nitrogens is 1. The van der Waals surface area contributed by atoms with Crippen LogP contribution in [0.2, 0.25) is 0 Å². The highest BCUT2D eigenvalue weighted by Crippen LogP contribution is 2.16. The van der Waals surface area contributed by atoms with Crippen molar-refractivity contribution in [3.05, 3.63) is 78.0 Å². The first kappa shape index (κ1) is 13.3. The molecule has 3 heteroatoms. The molecule has 0 aliphatic rings. The molecule has 3 aromatic rings. The Balaban J connectivity index is 1.80. The van der Waals surface area contributed by atoms with E-state index in [-0.39, 0.29) is 11.9 Å². The molecule has 0 radical (unpaired) electrons. The van der Waals surface area contributed by atoms with E-state index in [1.54, 1.807) is 6.20 Å². The lowest BCUT2D eigenvalue weighted by molar-refractivity contribution is 0.0940.